The predicted molar refractivity (Wildman–Crippen MR) is 133 cm³/mol. The SMILES string of the molecule is Cc1nc(C)n(CC(=O)CC2CCC(N3C(=O)C4=CC(F)=CNC4N(C4CCSCC4)C3=O)CC2)n1. The Morgan fingerprint density at radius 2 is 1.83 bits per heavy atom. The number of aryl methyl sites for hydroxylation is 2. The fourth-order valence-corrected chi connectivity index (χ4v) is 6.99. The maximum Gasteiger partial charge on any atom is 0.329 e. The van der Waals surface area contributed by atoms with Gasteiger partial charge in [-0.15, -0.1) is 0 Å². The smallest absolute Gasteiger partial charge is 0.329 e. The van der Waals surface area contributed by atoms with Crippen LogP contribution < -0.4 is 5.32 Å². The number of carbonyl (C=O) groups excluding carboxylic acids is 3. The standard InChI is InChI=1S/C25H33FN6O3S/c1-15-28-16(2)30(29-15)14-21(33)11-17-3-5-19(6-4-17)32-24(34)22-12-18(26)13-27-23(22)31(25(32)35)20-7-9-36-10-8-20/h12-13,17,19-20,23,27H,3-11,14H2,1-2H3. The third-order valence-corrected chi connectivity index (χ3v) is 8.76. The summed E-state index contributed by atoms with van der Waals surface area (Å²) in [5.74, 6) is 2.71. The zero-order valence-electron chi connectivity index (χ0n) is 20.8. The molecule has 4 aliphatic rings. The largest absolute Gasteiger partial charge is 0.365 e. The van der Waals surface area contributed by atoms with E-state index in [1.165, 1.54) is 17.2 Å². The number of thioether (sulfide) groups is 1. The van der Waals surface area contributed by atoms with Gasteiger partial charge in [0, 0.05) is 24.7 Å². The Morgan fingerprint density at radius 1 is 1.11 bits per heavy atom. The summed E-state index contributed by atoms with van der Waals surface area (Å²) in [5.41, 5.74) is 0.295. The zero-order chi connectivity index (χ0) is 25.4. The van der Waals surface area contributed by atoms with Gasteiger partial charge in [-0.05, 0) is 75.9 Å². The van der Waals surface area contributed by atoms with E-state index in [0.29, 0.717) is 30.7 Å². The van der Waals surface area contributed by atoms with Gasteiger partial charge in [0.05, 0.1) is 5.57 Å². The van der Waals surface area contributed by atoms with Crippen molar-refractivity contribution in [2.45, 2.75) is 83.6 Å². The fraction of sp³-hybridized carbons (Fsp3) is 0.640. The number of rotatable bonds is 6. The molecule has 1 aliphatic carbocycles. The molecule has 3 aliphatic heterocycles. The van der Waals surface area contributed by atoms with Crippen molar-refractivity contribution < 1.29 is 18.8 Å². The number of urea groups is 1. The van der Waals surface area contributed by atoms with Gasteiger partial charge in [-0.3, -0.25) is 19.4 Å². The summed E-state index contributed by atoms with van der Waals surface area (Å²) in [6, 6.07) is -0.505. The molecule has 9 nitrogen and oxygen atoms in total. The van der Waals surface area contributed by atoms with E-state index in [9.17, 15) is 18.8 Å². The second kappa shape index (κ2) is 10.4. The van der Waals surface area contributed by atoms with E-state index in [1.54, 1.807) is 16.5 Å². The number of nitrogens with zero attached hydrogens (tertiary/aromatic N) is 5. The molecule has 5 rings (SSSR count). The summed E-state index contributed by atoms with van der Waals surface area (Å²) in [6.45, 7) is 3.86. The van der Waals surface area contributed by atoms with Crippen molar-refractivity contribution in [3.8, 4) is 0 Å². The first-order valence-corrected chi connectivity index (χ1v) is 13.9. The van der Waals surface area contributed by atoms with Gasteiger partial charge in [-0.1, -0.05) is 0 Å². The number of carbonyl (C=O) groups is 3. The molecule has 194 valence electrons. The van der Waals surface area contributed by atoms with Gasteiger partial charge in [0.15, 0.2) is 5.78 Å². The number of dihydropyridines is 1. The Hall–Kier alpha value is -2.69. The molecular formula is C25H33FN6O3S. The lowest BCUT2D eigenvalue weighted by Gasteiger charge is -2.49. The average molecular weight is 517 g/mol. The van der Waals surface area contributed by atoms with Crippen molar-refractivity contribution in [2.75, 3.05) is 11.5 Å². The van der Waals surface area contributed by atoms with E-state index in [-0.39, 0.29) is 36.4 Å². The van der Waals surface area contributed by atoms with Gasteiger partial charge in [0.1, 0.15) is 30.2 Å². The number of nitrogens with one attached hydrogen (secondary N) is 1. The van der Waals surface area contributed by atoms with Crippen LogP contribution in [0.4, 0.5) is 9.18 Å². The normalized spacial score (nSPS) is 27.4. The van der Waals surface area contributed by atoms with E-state index in [0.717, 1.165) is 43.0 Å². The fourth-order valence-electron chi connectivity index (χ4n) is 5.91. The van der Waals surface area contributed by atoms with E-state index < -0.39 is 17.9 Å². The van der Waals surface area contributed by atoms with Gasteiger partial charge in [-0.2, -0.15) is 16.9 Å². The molecule has 0 aromatic carbocycles. The highest BCUT2D eigenvalue weighted by Gasteiger charge is 2.49. The minimum atomic E-state index is -0.619. The summed E-state index contributed by atoms with van der Waals surface area (Å²) in [5, 5.41) is 7.23. The lowest BCUT2D eigenvalue weighted by atomic mass is 9.82. The number of hydrogen-bond donors (Lipinski definition) is 1. The number of imide groups is 1. The van der Waals surface area contributed by atoms with Crippen LogP contribution in [0, 0.1) is 19.8 Å². The third kappa shape index (κ3) is 4.94. The zero-order valence-corrected chi connectivity index (χ0v) is 21.6. The average Bonchev–Trinajstić information content (AvgIpc) is 3.17. The molecule has 1 N–H and O–H groups in total. The van der Waals surface area contributed by atoms with Crippen LogP contribution in [0.1, 0.15) is 56.6 Å². The van der Waals surface area contributed by atoms with E-state index in [2.05, 4.69) is 15.4 Å². The summed E-state index contributed by atoms with van der Waals surface area (Å²) in [6.07, 6.45) is 6.87. The van der Waals surface area contributed by atoms with Crippen LogP contribution in [0.3, 0.4) is 0 Å². The van der Waals surface area contributed by atoms with Crippen LogP contribution in [0.5, 0.6) is 0 Å². The highest BCUT2D eigenvalue weighted by Crippen LogP contribution is 2.37. The first kappa shape index (κ1) is 25.0. The molecule has 0 bridgehead atoms. The maximum absolute atomic E-state index is 14.1. The molecule has 1 saturated carbocycles. The van der Waals surface area contributed by atoms with Crippen LogP contribution in [0.15, 0.2) is 23.7 Å². The molecule has 1 aromatic heterocycles. The van der Waals surface area contributed by atoms with E-state index in [4.69, 9.17) is 0 Å². The minimum Gasteiger partial charge on any atom is -0.365 e. The van der Waals surface area contributed by atoms with Crippen LogP contribution in [-0.4, -0.2) is 72.0 Å². The summed E-state index contributed by atoms with van der Waals surface area (Å²) in [7, 11) is 0. The first-order chi connectivity index (χ1) is 17.3. The third-order valence-electron chi connectivity index (χ3n) is 7.71. The molecule has 36 heavy (non-hydrogen) atoms. The molecule has 0 radical (unpaired) electrons. The van der Waals surface area contributed by atoms with E-state index >= 15 is 0 Å². The predicted octanol–water partition coefficient (Wildman–Crippen LogP) is 3.24. The lowest BCUT2D eigenvalue weighted by Crippen LogP contribution is -2.67. The summed E-state index contributed by atoms with van der Waals surface area (Å²) in [4.78, 5) is 47.2. The number of halogens is 1. The minimum absolute atomic E-state index is 0.0163. The van der Waals surface area contributed by atoms with Gasteiger partial charge in [-0.25, -0.2) is 18.9 Å². The van der Waals surface area contributed by atoms with Gasteiger partial charge in [0.25, 0.3) is 5.91 Å². The molecule has 1 aromatic rings. The molecule has 1 atom stereocenters. The molecule has 0 spiro atoms. The number of fused-ring (bicyclic) bond motifs is 1. The number of hydrogen-bond acceptors (Lipinski definition) is 7. The van der Waals surface area contributed by atoms with Crippen molar-refractivity contribution in [2.24, 2.45) is 5.92 Å². The molecular weight excluding hydrogens is 483 g/mol. The van der Waals surface area contributed by atoms with Gasteiger partial charge < -0.3 is 5.32 Å². The van der Waals surface area contributed by atoms with Crippen LogP contribution >= 0.6 is 11.8 Å². The molecule has 1 unspecified atom stereocenters. The number of Topliss-reactive ketones (excluding diaryl/α,β-unsaturated/α-hetero) is 1. The van der Waals surface area contributed by atoms with Crippen molar-refractivity contribution in [3.63, 3.8) is 0 Å². The van der Waals surface area contributed by atoms with Crippen LogP contribution in [-0.2, 0) is 16.1 Å². The molecule has 3 amide bonds. The second-order valence-corrected chi connectivity index (χ2v) is 11.4. The van der Waals surface area contributed by atoms with Gasteiger partial charge >= 0.3 is 6.03 Å². The maximum atomic E-state index is 14.1. The van der Waals surface area contributed by atoms with Crippen molar-refractivity contribution in [3.05, 3.63) is 35.3 Å². The topological polar surface area (TPSA) is 100 Å². The number of amides is 3. The van der Waals surface area contributed by atoms with Crippen molar-refractivity contribution in [1.29, 1.82) is 0 Å². The Morgan fingerprint density at radius 3 is 2.50 bits per heavy atom. The monoisotopic (exact) mass is 516 g/mol. The highest BCUT2D eigenvalue weighted by molar-refractivity contribution is 7.99. The molecule has 2 saturated heterocycles. The molecule has 11 heteroatoms. The molecule has 4 heterocycles. The number of aromatic nitrogens is 3. The Balaban J connectivity index is 1.26. The van der Waals surface area contributed by atoms with Gasteiger partial charge in [0.2, 0.25) is 0 Å². The number of allylic oxidation sites excluding steroid dienone is 2. The Bertz CT molecular complexity index is 1100. The summed E-state index contributed by atoms with van der Waals surface area (Å²) >= 11 is 1.87. The molecule has 3 fully saturated rings. The highest BCUT2D eigenvalue weighted by atomic mass is 32.2. The van der Waals surface area contributed by atoms with Crippen LogP contribution in [0.25, 0.3) is 0 Å². The number of ketones is 1. The summed E-state index contributed by atoms with van der Waals surface area (Å²) < 4.78 is 15.8. The van der Waals surface area contributed by atoms with Crippen LogP contribution in [0.2, 0.25) is 0 Å². The lowest BCUT2D eigenvalue weighted by molar-refractivity contribution is -0.131. The Labute approximate surface area is 214 Å². The Kier molecular flexibility index (Phi) is 7.18. The van der Waals surface area contributed by atoms with Crippen molar-refractivity contribution >= 4 is 29.5 Å². The second-order valence-electron chi connectivity index (χ2n) is 10.2. The van der Waals surface area contributed by atoms with E-state index in [1.807, 2.05) is 18.7 Å². The first-order valence-electron chi connectivity index (χ1n) is 12.8. The van der Waals surface area contributed by atoms with Crippen molar-refractivity contribution in [1.82, 2.24) is 29.9 Å². The quantitative estimate of drug-likeness (QED) is 0.620.